The van der Waals surface area contributed by atoms with Gasteiger partial charge in [-0.2, -0.15) is 0 Å². The van der Waals surface area contributed by atoms with Crippen LogP contribution in [-0.2, 0) is 5.60 Å². The van der Waals surface area contributed by atoms with Crippen LogP contribution in [0.15, 0.2) is 60.7 Å². The Morgan fingerprint density at radius 3 is 2.00 bits per heavy atom. The lowest BCUT2D eigenvalue weighted by atomic mass is 9.77. The fourth-order valence-corrected chi connectivity index (χ4v) is 3.48. The summed E-state index contributed by atoms with van der Waals surface area (Å²) >= 11 is 0. The van der Waals surface area contributed by atoms with E-state index in [9.17, 15) is 5.11 Å². The second kappa shape index (κ2) is 6.04. The van der Waals surface area contributed by atoms with E-state index in [1.165, 1.54) is 0 Å². The molecule has 0 aromatic heterocycles. The number of benzene rings is 2. The molecule has 1 atom stereocenters. The molecular weight excluding hydrogens is 257 g/mol. The van der Waals surface area contributed by atoms with Crippen LogP contribution in [0.1, 0.15) is 24.0 Å². The van der Waals surface area contributed by atoms with E-state index in [2.05, 4.69) is 19.0 Å². The van der Waals surface area contributed by atoms with Crippen molar-refractivity contribution in [1.82, 2.24) is 4.81 Å². The van der Waals surface area contributed by atoms with Crippen LogP contribution in [0.2, 0.25) is 6.82 Å². The van der Waals surface area contributed by atoms with Gasteiger partial charge in [-0.25, -0.2) is 0 Å². The SMILES string of the molecule is C[B]N1CCC[C@@H]1C(O)(c1ccccc1)c1ccccc1. The maximum absolute atomic E-state index is 11.7. The van der Waals surface area contributed by atoms with Crippen LogP contribution in [0.4, 0.5) is 0 Å². The summed E-state index contributed by atoms with van der Waals surface area (Å²) in [5.41, 5.74) is 0.968. The van der Waals surface area contributed by atoms with Crippen molar-refractivity contribution in [2.45, 2.75) is 31.3 Å². The molecule has 0 bridgehead atoms. The second-order valence-electron chi connectivity index (χ2n) is 5.65. The van der Waals surface area contributed by atoms with E-state index in [0.29, 0.717) is 0 Å². The lowest BCUT2D eigenvalue weighted by Gasteiger charge is -2.40. The molecule has 0 spiro atoms. The highest BCUT2D eigenvalue weighted by molar-refractivity contribution is 6.30. The van der Waals surface area contributed by atoms with Crippen molar-refractivity contribution in [3.05, 3.63) is 71.8 Å². The molecule has 3 rings (SSSR count). The zero-order chi connectivity index (χ0) is 14.7. The monoisotopic (exact) mass is 278 g/mol. The summed E-state index contributed by atoms with van der Waals surface area (Å²) in [6.07, 6.45) is 2.13. The number of rotatable bonds is 4. The average Bonchev–Trinajstić information content (AvgIpc) is 3.05. The molecule has 21 heavy (non-hydrogen) atoms. The first-order valence-corrected chi connectivity index (χ1v) is 7.65. The van der Waals surface area contributed by atoms with Gasteiger partial charge < -0.3 is 9.92 Å². The molecule has 2 nitrogen and oxygen atoms in total. The number of hydrogen-bond acceptors (Lipinski definition) is 2. The Bertz CT molecular complexity index is 533. The van der Waals surface area contributed by atoms with Crippen LogP contribution in [0.5, 0.6) is 0 Å². The van der Waals surface area contributed by atoms with Gasteiger partial charge in [-0.3, -0.25) is 0 Å². The van der Waals surface area contributed by atoms with Gasteiger partial charge in [-0.1, -0.05) is 67.5 Å². The summed E-state index contributed by atoms with van der Waals surface area (Å²) in [6, 6.07) is 20.2. The van der Waals surface area contributed by atoms with Gasteiger partial charge in [0.15, 0.2) is 0 Å². The third kappa shape index (κ3) is 2.52. The lowest BCUT2D eigenvalue weighted by molar-refractivity contribution is 0.0200. The molecule has 2 aromatic rings. The smallest absolute Gasteiger partial charge is 0.205 e. The quantitative estimate of drug-likeness (QED) is 0.869. The van der Waals surface area contributed by atoms with E-state index in [1.54, 1.807) is 0 Å². The van der Waals surface area contributed by atoms with E-state index in [1.807, 2.05) is 60.7 Å². The molecule has 2 aromatic carbocycles. The Labute approximate surface area is 127 Å². The predicted octanol–water partition coefficient (Wildman–Crippen LogP) is 3.05. The molecule has 1 heterocycles. The van der Waals surface area contributed by atoms with Gasteiger partial charge in [0.1, 0.15) is 5.60 Å². The van der Waals surface area contributed by atoms with Gasteiger partial charge in [-0.15, -0.1) is 0 Å². The highest BCUT2D eigenvalue weighted by Crippen LogP contribution is 2.39. The Balaban J connectivity index is 2.11. The molecule has 0 aliphatic carbocycles. The normalized spacial score (nSPS) is 19.6. The van der Waals surface area contributed by atoms with Crippen LogP contribution >= 0.6 is 0 Å². The molecule has 1 fully saturated rings. The molecule has 1 saturated heterocycles. The van der Waals surface area contributed by atoms with Crippen LogP contribution in [0.3, 0.4) is 0 Å². The second-order valence-corrected chi connectivity index (χ2v) is 5.65. The molecule has 3 heteroatoms. The minimum absolute atomic E-state index is 0.0901. The Morgan fingerprint density at radius 1 is 1.00 bits per heavy atom. The molecule has 0 amide bonds. The largest absolute Gasteiger partial charge is 0.379 e. The maximum Gasteiger partial charge on any atom is 0.205 e. The Hall–Kier alpha value is -1.58. The van der Waals surface area contributed by atoms with Gasteiger partial charge in [0.25, 0.3) is 0 Å². The Morgan fingerprint density at radius 2 is 1.52 bits per heavy atom. The van der Waals surface area contributed by atoms with Crippen LogP contribution in [0, 0.1) is 0 Å². The fourth-order valence-electron chi connectivity index (χ4n) is 3.48. The van der Waals surface area contributed by atoms with Crippen molar-refractivity contribution >= 4 is 7.41 Å². The lowest BCUT2D eigenvalue weighted by Crippen LogP contribution is -2.49. The van der Waals surface area contributed by atoms with E-state index < -0.39 is 5.60 Å². The molecule has 107 valence electrons. The molecule has 0 unspecified atom stereocenters. The number of nitrogens with zero attached hydrogens (tertiary/aromatic N) is 1. The van der Waals surface area contributed by atoms with E-state index in [-0.39, 0.29) is 6.04 Å². The molecule has 1 N–H and O–H groups in total. The van der Waals surface area contributed by atoms with Crippen LogP contribution in [-0.4, -0.2) is 29.9 Å². The van der Waals surface area contributed by atoms with E-state index >= 15 is 0 Å². The van der Waals surface area contributed by atoms with Crippen LogP contribution < -0.4 is 0 Å². The third-order valence-corrected chi connectivity index (χ3v) is 4.54. The zero-order valence-corrected chi connectivity index (χ0v) is 12.4. The third-order valence-electron chi connectivity index (χ3n) is 4.54. The number of hydrogen-bond donors (Lipinski definition) is 1. The van der Waals surface area contributed by atoms with Gasteiger partial charge in [0, 0.05) is 6.04 Å². The van der Waals surface area contributed by atoms with Crippen LogP contribution in [0.25, 0.3) is 0 Å². The van der Waals surface area contributed by atoms with Gasteiger partial charge in [-0.05, 0) is 30.5 Å². The average molecular weight is 278 g/mol. The number of aliphatic hydroxyl groups is 1. The van der Waals surface area contributed by atoms with E-state index in [0.717, 1.165) is 30.5 Å². The summed E-state index contributed by atoms with van der Waals surface area (Å²) in [7, 11) is 2.11. The first kappa shape index (κ1) is 14.4. The first-order chi connectivity index (χ1) is 10.3. The molecule has 0 saturated carbocycles. The topological polar surface area (TPSA) is 23.5 Å². The maximum atomic E-state index is 11.7. The zero-order valence-electron chi connectivity index (χ0n) is 12.4. The molecule has 1 aliphatic rings. The van der Waals surface area contributed by atoms with Crippen molar-refractivity contribution in [2.75, 3.05) is 6.54 Å². The van der Waals surface area contributed by atoms with Gasteiger partial charge in [0.05, 0.1) is 0 Å². The predicted molar refractivity (Wildman–Crippen MR) is 87.2 cm³/mol. The van der Waals surface area contributed by atoms with Crippen molar-refractivity contribution < 1.29 is 5.11 Å². The molecular formula is C18H21BNO. The summed E-state index contributed by atoms with van der Waals surface area (Å²) in [5.74, 6) is 0. The highest BCUT2D eigenvalue weighted by atomic mass is 16.3. The van der Waals surface area contributed by atoms with Crippen molar-refractivity contribution in [3.8, 4) is 0 Å². The molecule has 1 radical (unpaired) electrons. The summed E-state index contributed by atoms with van der Waals surface area (Å²) in [6.45, 7) is 3.07. The van der Waals surface area contributed by atoms with Gasteiger partial charge in [0.2, 0.25) is 7.41 Å². The van der Waals surface area contributed by atoms with Gasteiger partial charge >= 0.3 is 0 Å². The molecule has 1 aliphatic heterocycles. The van der Waals surface area contributed by atoms with Crippen molar-refractivity contribution in [1.29, 1.82) is 0 Å². The summed E-state index contributed by atoms with van der Waals surface area (Å²) in [5, 5.41) is 11.7. The Kier molecular flexibility index (Phi) is 4.13. The summed E-state index contributed by atoms with van der Waals surface area (Å²) < 4.78 is 0. The van der Waals surface area contributed by atoms with Crippen molar-refractivity contribution in [3.63, 3.8) is 0 Å². The minimum atomic E-state index is -0.967. The minimum Gasteiger partial charge on any atom is -0.379 e. The van der Waals surface area contributed by atoms with Crippen molar-refractivity contribution in [2.24, 2.45) is 0 Å². The van der Waals surface area contributed by atoms with E-state index in [4.69, 9.17) is 0 Å². The highest BCUT2D eigenvalue weighted by Gasteiger charge is 2.44. The first-order valence-electron chi connectivity index (χ1n) is 7.65. The standard InChI is InChI=1S/C18H21BNO/c1-19-20-14-8-13-17(20)18(21,15-9-4-2-5-10-15)16-11-6-3-7-12-16/h2-7,9-12,17,21H,8,13-14H2,1H3/t17-/m1/s1. The fraction of sp³-hybridized carbons (Fsp3) is 0.333. The summed E-state index contributed by atoms with van der Waals surface area (Å²) in [4.78, 5) is 2.28.